The van der Waals surface area contributed by atoms with E-state index in [1.807, 2.05) is 0 Å². The molecule has 0 aliphatic carbocycles. The zero-order chi connectivity index (χ0) is 12.6. The van der Waals surface area contributed by atoms with Crippen molar-refractivity contribution in [2.45, 2.75) is 6.18 Å². The van der Waals surface area contributed by atoms with E-state index < -0.39 is 11.7 Å². The highest BCUT2D eigenvalue weighted by molar-refractivity contribution is 9.10. The second kappa shape index (κ2) is 4.18. The Balaban J connectivity index is 2.40. The first-order valence-electron chi connectivity index (χ1n) is 4.74. The Labute approximate surface area is 104 Å². The lowest BCUT2D eigenvalue weighted by Gasteiger charge is -2.08. The molecule has 0 bridgehead atoms. The summed E-state index contributed by atoms with van der Waals surface area (Å²) in [7, 11) is 1.78. The molecule has 0 radical (unpaired) electrons. The Kier molecular flexibility index (Phi) is 2.99. The zero-order valence-corrected chi connectivity index (χ0v) is 10.4. The highest BCUT2D eigenvalue weighted by Gasteiger charge is 2.30. The maximum Gasteiger partial charge on any atom is 0.416 e. The number of benzene rings is 1. The predicted octanol–water partition coefficient (Wildman–Crippen LogP) is 3.87. The van der Waals surface area contributed by atoms with Crippen LogP contribution in [0, 0.1) is 0 Å². The van der Waals surface area contributed by atoms with Gasteiger partial charge in [-0.3, -0.25) is 0 Å². The maximum absolute atomic E-state index is 12.4. The van der Waals surface area contributed by atoms with Crippen molar-refractivity contribution in [1.82, 2.24) is 9.55 Å². The molecule has 0 unspecified atom stereocenters. The molecular weight excluding hydrogens is 297 g/mol. The SMILES string of the molecule is Cn1c(-c2ccc(C(F)(F)F)cc2)cnc1Br. The standard InChI is InChI=1S/C11H8BrF3N2/c1-17-9(6-16-10(17)12)7-2-4-8(5-3-7)11(13,14)15/h2-6H,1H3. The maximum atomic E-state index is 12.4. The van der Waals surface area contributed by atoms with E-state index in [-0.39, 0.29) is 0 Å². The van der Waals surface area contributed by atoms with Gasteiger partial charge in [-0.1, -0.05) is 12.1 Å². The Hall–Kier alpha value is -1.30. The molecule has 1 aromatic carbocycles. The first kappa shape index (κ1) is 12.2. The quantitative estimate of drug-likeness (QED) is 0.782. The molecule has 0 fully saturated rings. The summed E-state index contributed by atoms with van der Waals surface area (Å²) in [6, 6.07) is 5.00. The second-order valence-electron chi connectivity index (χ2n) is 3.55. The van der Waals surface area contributed by atoms with Gasteiger partial charge in [0.05, 0.1) is 17.5 Å². The van der Waals surface area contributed by atoms with Gasteiger partial charge in [-0.15, -0.1) is 0 Å². The molecule has 2 aromatic rings. The number of alkyl halides is 3. The molecule has 2 nitrogen and oxygen atoms in total. The summed E-state index contributed by atoms with van der Waals surface area (Å²) < 4.78 is 39.5. The van der Waals surface area contributed by atoms with Gasteiger partial charge in [0.2, 0.25) is 0 Å². The summed E-state index contributed by atoms with van der Waals surface area (Å²) in [6.07, 6.45) is -2.70. The van der Waals surface area contributed by atoms with E-state index in [2.05, 4.69) is 20.9 Å². The highest BCUT2D eigenvalue weighted by atomic mass is 79.9. The minimum Gasteiger partial charge on any atom is -0.322 e. The van der Waals surface area contributed by atoms with Crippen LogP contribution in [0.5, 0.6) is 0 Å². The molecule has 1 aromatic heterocycles. The molecule has 0 aliphatic heterocycles. The van der Waals surface area contributed by atoms with Crippen molar-refractivity contribution in [3.8, 4) is 11.3 Å². The molecule has 6 heteroatoms. The Morgan fingerprint density at radius 1 is 1.18 bits per heavy atom. The van der Waals surface area contributed by atoms with Gasteiger partial charge in [0, 0.05) is 7.05 Å². The molecule has 0 amide bonds. The highest BCUT2D eigenvalue weighted by Crippen LogP contribution is 2.31. The van der Waals surface area contributed by atoms with Crippen LogP contribution in [-0.4, -0.2) is 9.55 Å². The van der Waals surface area contributed by atoms with E-state index in [0.717, 1.165) is 17.8 Å². The van der Waals surface area contributed by atoms with Crippen molar-refractivity contribution in [3.05, 3.63) is 40.8 Å². The normalized spacial score (nSPS) is 11.8. The van der Waals surface area contributed by atoms with Crippen LogP contribution in [0.3, 0.4) is 0 Å². The van der Waals surface area contributed by atoms with Crippen LogP contribution in [0.25, 0.3) is 11.3 Å². The van der Waals surface area contributed by atoms with Gasteiger partial charge in [0.25, 0.3) is 0 Å². The van der Waals surface area contributed by atoms with Crippen molar-refractivity contribution in [2.75, 3.05) is 0 Å². The van der Waals surface area contributed by atoms with E-state index in [4.69, 9.17) is 0 Å². The van der Waals surface area contributed by atoms with E-state index in [9.17, 15) is 13.2 Å². The molecular formula is C11H8BrF3N2. The van der Waals surface area contributed by atoms with Crippen molar-refractivity contribution >= 4 is 15.9 Å². The third kappa shape index (κ3) is 2.36. The molecule has 0 saturated carbocycles. The fourth-order valence-corrected chi connectivity index (χ4v) is 1.78. The third-order valence-electron chi connectivity index (χ3n) is 2.44. The summed E-state index contributed by atoms with van der Waals surface area (Å²) in [6.45, 7) is 0. The third-order valence-corrected chi connectivity index (χ3v) is 3.18. The lowest BCUT2D eigenvalue weighted by atomic mass is 10.1. The van der Waals surface area contributed by atoms with Gasteiger partial charge in [0.15, 0.2) is 4.73 Å². The average molecular weight is 305 g/mol. The lowest BCUT2D eigenvalue weighted by Crippen LogP contribution is -2.04. The van der Waals surface area contributed by atoms with Crippen LogP contribution < -0.4 is 0 Å². The predicted molar refractivity (Wildman–Crippen MR) is 61.3 cm³/mol. The number of aromatic nitrogens is 2. The number of hydrogen-bond donors (Lipinski definition) is 0. The number of hydrogen-bond acceptors (Lipinski definition) is 1. The number of halogens is 4. The van der Waals surface area contributed by atoms with Crippen LogP contribution in [-0.2, 0) is 13.2 Å². The summed E-state index contributed by atoms with van der Waals surface area (Å²) >= 11 is 3.23. The summed E-state index contributed by atoms with van der Waals surface area (Å²) in [5.41, 5.74) is 0.798. The molecule has 0 N–H and O–H groups in total. The number of imidazole rings is 1. The first-order chi connectivity index (χ1) is 7.89. The average Bonchev–Trinajstić information content (AvgIpc) is 2.59. The van der Waals surface area contributed by atoms with Gasteiger partial charge < -0.3 is 4.57 Å². The Morgan fingerprint density at radius 3 is 2.18 bits per heavy atom. The Morgan fingerprint density at radius 2 is 1.76 bits per heavy atom. The van der Waals surface area contributed by atoms with Crippen LogP contribution in [0.1, 0.15) is 5.56 Å². The van der Waals surface area contributed by atoms with Crippen LogP contribution in [0.2, 0.25) is 0 Å². The van der Waals surface area contributed by atoms with Gasteiger partial charge in [0.1, 0.15) is 0 Å². The minimum atomic E-state index is -4.30. The van der Waals surface area contributed by atoms with Crippen LogP contribution in [0.15, 0.2) is 35.2 Å². The van der Waals surface area contributed by atoms with Crippen molar-refractivity contribution in [1.29, 1.82) is 0 Å². The lowest BCUT2D eigenvalue weighted by molar-refractivity contribution is -0.137. The van der Waals surface area contributed by atoms with Gasteiger partial charge in [-0.25, -0.2) is 4.98 Å². The van der Waals surface area contributed by atoms with Crippen molar-refractivity contribution < 1.29 is 13.2 Å². The van der Waals surface area contributed by atoms with Gasteiger partial charge >= 0.3 is 6.18 Å². The monoisotopic (exact) mass is 304 g/mol. The molecule has 0 saturated heterocycles. The fraction of sp³-hybridized carbons (Fsp3) is 0.182. The minimum absolute atomic E-state index is 0.632. The first-order valence-corrected chi connectivity index (χ1v) is 5.54. The number of nitrogens with zero attached hydrogens (tertiary/aromatic N) is 2. The molecule has 0 spiro atoms. The Bertz CT molecular complexity index is 529. The molecule has 1 heterocycles. The van der Waals surface area contributed by atoms with Crippen LogP contribution >= 0.6 is 15.9 Å². The molecule has 0 aliphatic rings. The molecule has 2 rings (SSSR count). The van der Waals surface area contributed by atoms with E-state index in [1.165, 1.54) is 12.1 Å². The van der Waals surface area contributed by atoms with Crippen molar-refractivity contribution in [3.63, 3.8) is 0 Å². The zero-order valence-electron chi connectivity index (χ0n) is 8.79. The van der Waals surface area contributed by atoms with Gasteiger partial charge in [-0.2, -0.15) is 13.2 Å². The molecule has 90 valence electrons. The van der Waals surface area contributed by atoms with E-state index in [0.29, 0.717) is 10.3 Å². The van der Waals surface area contributed by atoms with Crippen LogP contribution in [0.4, 0.5) is 13.2 Å². The summed E-state index contributed by atoms with van der Waals surface area (Å²) in [4.78, 5) is 4.02. The fourth-order valence-electron chi connectivity index (χ4n) is 1.49. The van der Waals surface area contributed by atoms with Crippen molar-refractivity contribution in [2.24, 2.45) is 7.05 Å². The number of rotatable bonds is 1. The topological polar surface area (TPSA) is 17.8 Å². The van der Waals surface area contributed by atoms with E-state index in [1.54, 1.807) is 17.8 Å². The molecule has 17 heavy (non-hydrogen) atoms. The molecule has 0 atom stereocenters. The summed E-state index contributed by atoms with van der Waals surface area (Å²) in [5.74, 6) is 0. The van der Waals surface area contributed by atoms with Gasteiger partial charge in [-0.05, 0) is 33.6 Å². The largest absolute Gasteiger partial charge is 0.416 e. The smallest absolute Gasteiger partial charge is 0.322 e. The summed E-state index contributed by atoms with van der Waals surface area (Å²) in [5, 5.41) is 0. The van der Waals surface area contributed by atoms with E-state index >= 15 is 0 Å². The second-order valence-corrected chi connectivity index (χ2v) is 4.26.